The third-order valence-corrected chi connectivity index (χ3v) is 2.29. The Balaban J connectivity index is 2.25. The van der Waals surface area contributed by atoms with Gasteiger partial charge in [0.25, 0.3) is 0 Å². The van der Waals surface area contributed by atoms with Crippen molar-refractivity contribution in [2.75, 3.05) is 20.1 Å². The molecular formula is C11H20N2O. The monoisotopic (exact) mass is 196 g/mol. The van der Waals surface area contributed by atoms with Gasteiger partial charge in [-0.2, -0.15) is 0 Å². The Hall–Kier alpha value is -0.800. The average Bonchev–Trinajstić information content (AvgIpc) is 2.56. The molecule has 0 saturated carbocycles. The molecule has 0 aliphatic heterocycles. The van der Waals surface area contributed by atoms with E-state index in [9.17, 15) is 0 Å². The first-order valence-electron chi connectivity index (χ1n) is 5.13. The molecule has 1 aromatic rings. The summed E-state index contributed by atoms with van der Waals surface area (Å²) in [6.45, 7) is 4.95. The molecule has 80 valence electrons. The van der Waals surface area contributed by atoms with Crippen LogP contribution < -0.4 is 5.73 Å². The van der Waals surface area contributed by atoms with Crippen LogP contribution in [-0.4, -0.2) is 25.0 Å². The highest BCUT2D eigenvalue weighted by Crippen LogP contribution is 2.07. The molecule has 0 bridgehead atoms. The normalized spacial score (nSPS) is 13.4. The molecule has 0 amide bonds. The lowest BCUT2D eigenvalue weighted by Crippen LogP contribution is -2.25. The summed E-state index contributed by atoms with van der Waals surface area (Å²) in [5.41, 5.74) is 5.50. The van der Waals surface area contributed by atoms with Gasteiger partial charge in [-0.1, -0.05) is 6.92 Å². The zero-order chi connectivity index (χ0) is 10.4. The molecule has 0 fully saturated rings. The second-order valence-electron chi connectivity index (χ2n) is 3.96. The van der Waals surface area contributed by atoms with E-state index < -0.39 is 0 Å². The highest BCUT2D eigenvalue weighted by atomic mass is 16.3. The molecule has 1 rings (SSSR count). The minimum atomic E-state index is 0.653. The Morgan fingerprint density at radius 3 is 2.93 bits per heavy atom. The maximum absolute atomic E-state index is 5.50. The second-order valence-corrected chi connectivity index (χ2v) is 3.96. The first kappa shape index (κ1) is 11.3. The zero-order valence-electron chi connectivity index (χ0n) is 9.07. The first-order chi connectivity index (χ1) is 6.72. The number of hydrogen-bond acceptors (Lipinski definition) is 3. The fraction of sp³-hybridized carbons (Fsp3) is 0.636. The van der Waals surface area contributed by atoms with Gasteiger partial charge in [-0.15, -0.1) is 0 Å². The van der Waals surface area contributed by atoms with Gasteiger partial charge in [-0.3, -0.25) is 4.90 Å². The van der Waals surface area contributed by atoms with Gasteiger partial charge in [0, 0.05) is 6.54 Å². The summed E-state index contributed by atoms with van der Waals surface area (Å²) >= 11 is 0. The van der Waals surface area contributed by atoms with Crippen LogP contribution in [0.15, 0.2) is 22.8 Å². The third-order valence-electron chi connectivity index (χ3n) is 2.29. The van der Waals surface area contributed by atoms with Crippen LogP contribution in [0, 0.1) is 5.92 Å². The number of rotatable bonds is 6. The van der Waals surface area contributed by atoms with E-state index in [1.54, 1.807) is 6.26 Å². The maximum atomic E-state index is 5.50. The van der Waals surface area contributed by atoms with E-state index in [2.05, 4.69) is 18.9 Å². The van der Waals surface area contributed by atoms with E-state index in [1.165, 1.54) is 0 Å². The number of nitrogens with two attached hydrogens (primary N) is 1. The molecule has 3 nitrogen and oxygen atoms in total. The molecule has 2 N–H and O–H groups in total. The molecule has 0 spiro atoms. The SMILES string of the molecule is CC(CCN)CN(C)Cc1ccco1. The summed E-state index contributed by atoms with van der Waals surface area (Å²) in [5.74, 6) is 1.67. The molecule has 0 aliphatic rings. The van der Waals surface area contributed by atoms with Crippen LogP contribution in [0.4, 0.5) is 0 Å². The van der Waals surface area contributed by atoms with Gasteiger partial charge in [0.2, 0.25) is 0 Å². The van der Waals surface area contributed by atoms with Gasteiger partial charge < -0.3 is 10.2 Å². The van der Waals surface area contributed by atoms with Crippen LogP contribution in [0.2, 0.25) is 0 Å². The van der Waals surface area contributed by atoms with E-state index in [0.29, 0.717) is 5.92 Å². The fourth-order valence-corrected chi connectivity index (χ4v) is 1.64. The predicted octanol–water partition coefficient (Wildman–Crippen LogP) is 1.70. The van der Waals surface area contributed by atoms with Crippen molar-refractivity contribution in [1.29, 1.82) is 0 Å². The van der Waals surface area contributed by atoms with Crippen LogP contribution in [-0.2, 0) is 6.54 Å². The summed E-state index contributed by atoms with van der Waals surface area (Å²) < 4.78 is 5.28. The minimum Gasteiger partial charge on any atom is -0.468 e. The van der Waals surface area contributed by atoms with Gasteiger partial charge in [-0.05, 0) is 38.1 Å². The Bertz CT molecular complexity index is 233. The molecule has 0 radical (unpaired) electrons. The lowest BCUT2D eigenvalue weighted by molar-refractivity contribution is 0.253. The van der Waals surface area contributed by atoms with Crippen molar-refractivity contribution >= 4 is 0 Å². The molecule has 0 aromatic carbocycles. The molecule has 1 unspecified atom stereocenters. The van der Waals surface area contributed by atoms with Gasteiger partial charge in [-0.25, -0.2) is 0 Å². The van der Waals surface area contributed by atoms with Crippen molar-refractivity contribution in [3.63, 3.8) is 0 Å². The van der Waals surface area contributed by atoms with Crippen LogP contribution in [0.5, 0.6) is 0 Å². The average molecular weight is 196 g/mol. The number of furan rings is 1. The lowest BCUT2D eigenvalue weighted by Gasteiger charge is -2.19. The Morgan fingerprint density at radius 2 is 2.36 bits per heavy atom. The van der Waals surface area contributed by atoms with E-state index >= 15 is 0 Å². The number of hydrogen-bond donors (Lipinski definition) is 1. The quantitative estimate of drug-likeness (QED) is 0.753. The van der Waals surface area contributed by atoms with Crippen molar-refractivity contribution in [2.24, 2.45) is 11.7 Å². The summed E-state index contributed by atoms with van der Waals surface area (Å²) in [4.78, 5) is 2.26. The Labute approximate surface area is 85.9 Å². The molecule has 3 heteroatoms. The highest BCUT2D eigenvalue weighted by Gasteiger charge is 2.07. The molecule has 0 saturated heterocycles. The summed E-state index contributed by atoms with van der Waals surface area (Å²) in [6, 6.07) is 3.93. The van der Waals surface area contributed by atoms with Crippen molar-refractivity contribution < 1.29 is 4.42 Å². The van der Waals surface area contributed by atoms with E-state index in [0.717, 1.165) is 31.8 Å². The van der Waals surface area contributed by atoms with Crippen molar-refractivity contribution in [2.45, 2.75) is 19.9 Å². The predicted molar refractivity (Wildman–Crippen MR) is 57.9 cm³/mol. The third kappa shape index (κ3) is 3.94. The molecule has 1 heterocycles. The lowest BCUT2D eigenvalue weighted by atomic mass is 10.1. The topological polar surface area (TPSA) is 42.4 Å². The van der Waals surface area contributed by atoms with Gasteiger partial charge in [0.05, 0.1) is 12.8 Å². The van der Waals surface area contributed by atoms with E-state index in [1.807, 2.05) is 12.1 Å². The van der Waals surface area contributed by atoms with Crippen LogP contribution in [0.1, 0.15) is 19.1 Å². The van der Waals surface area contributed by atoms with Crippen molar-refractivity contribution in [3.8, 4) is 0 Å². The van der Waals surface area contributed by atoms with E-state index in [4.69, 9.17) is 10.2 Å². The smallest absolute Gasteiger partial charge is 0.117 e. The fourth-order valence-electron chi connectivity index (χ4n) is 1.64. The number of nitrogens with zero attached hydrogens (tertiary/aromatic N) is 1. The Kier molecular flexibility index (Phi) is 4.70. The van der Waals surface area contributed by atoms with Crippen LogP contribution in [0.25, 0.3) is 0 Å². The van der Waals surface area contributed by atoms with Crippen molar-refractivity contribution in [3.05, 3.63) is 24.2 Å². The Morgan fingerprint density at radius 1 is 1.57 bits per heavy atom. The van der Waals surface area contributed by atoms with E-state index in [-0.39, 0.29) is 0 Å². The molecular weight excluding hydrogens is 176 g/mol. The van der Waals surface area contributed by atoms with Gasteiger partial charge >= 0.3 is 0 Å². The van der Waals surface area contributed by atoms with Crippen LogP contribution >= 0.6 is 0 Å². The molecule has 0 aliphatic carbocycles. The van der Waals surface area contributed by atoms with Crippen molar-refractivity contribution in [1.82, 2.24) is 4.90 Å². The van der Waals surface area contributed by atoms with Crippen LogP contribution in [0.3, 0.4) is 0 Å². The highest BCUT2D eigenvalue weighted by molar-refractivity contribution is 4.97. The molecule has 1 atom stereocenters. The summed E-state index contributed by atoms with van der Waals surface area (Å²) in [5, 5.41) is 0. The summed E-state index contributed by atoms with van der Waals surface area (Å²) in [7, 11) is 2.11. The maximum Gasteiger partial charge on any atom is 0.117 e. The molecule has 14 heavy (non-hydrogen) atoms. The van der Waals surface area contributed by atoms with Gasteiger partial charge in [0.1, 0.15) is 5.76 Å². The standard InChI is InChI=1S/C11H20N2O/c1-10(5-6-12)8-13(2)9-11-4-3-7-14-11/h3-4,7,10H,5-6,8-9,12H2,1-2H3. The minimum absolute atomic E-state index is 0.653. The largest absolute Gasteiger partial charge is 0.468 e. The van der Waals surface area contributed by atoms with Gasteiger partial charge in [0.15, 0.2) is 0 Å². The molecule has 1 aromatic heterocycles. The second kappa shape index (κ2) is 5.83. The first-order valence-corrected chi connectivity index (χ1v) is 5.13. The zero-order valence-corrected chi connectivity index (χ0v) is 9.07. The summed E-state index contributed by atoms with van der Waals surface area (Å²) in [6.07, 6.45) is 2.80.